The molecule has 7 nitrogen and oxygen atoms in total. The number of rotatable bonds is 5. The number of para-hydroxylation sites is 1. The number of sulfonamides is 1. The van der Waals surface area contributed by atoms with E-state index in [1.54, 1.807) is 0 Å². The van der Waals surface area contributed by atoms with E-state index in [1.165, 1.54) is 25.3 Å². The van der Waals surface area contributed by atoms with E-state index in [0.717, 1.165) is 24.3 Å². The molecule has 0 atom stereocenters. The summed E-state index contributed by atoms with van der Waals surface area (Å²) in [6.45, 7) is 0. The summed E-state index contributed by atoms with van der Waals surface area (Å²) in [6, 6.07) is 7.83. The minimum Gasteiger partial charge on any atom is -0.496 e. The Balaban J connectivity index is 2.29. The van der Waals surface area contributed by atoms with E-state index in [1.807, 2.05) is 0 Å². The van der Waals surface area contributed by atoms with E-state index in [4.69, 9.17) is 9.88 Å². The summed E-state index contributed by atoms with van der Waals surface area (Å²) in [5.74, 6) is -0.898. The van der Waals surface area contributed by atoms with Gasteiger partial charge in [-0.25, -0.2) is 13.6 Å². The number of alkyl halides is 3. The van der Waals surface area contributed by atoms with Gasteiger partial charge in [0.25, 0.3) is 5.91 Å². The lowest BCUT2D eigenvalue weighted by molar-refractivity contribution is -0.137. The van der Waals surface area contributed by atoms with Gasteiger partial charge in [-0.15, -0.1) is 0 Å². The van der Waals surface area contributed by atoms with Crippen molar-refractivity contribution in [1.82, 2.24) is 5.43 Å². The van der Waals surface area contributed by atoms with Crippen molar-refractivity contribution in [1.29, 1.82) is 0 Å². The third-order valence-electron chi connectivity index (χ3n) is 3.29. The number of benzene rings is 2. The average molecular weight is 389 g/mol. The van der Waals surface area contributed by atoms with Gasteiger partial charge in [-0.1, -0.05) is 12.1 Å². The fourth-order valence-electron chi connectivity index (χ4n) is 2.07. The van der Waals surface area contributed by atoms with Crippen LogP contribution in [0.3, 0.4) is 0 Å². The fraction of sp³-hybridized carbons (Fsp3) is 0.133. The van der Waals surface area contributed by atoms with Crippen LogP contribution in [0.4, 0.5) is 18.9 Å². The smallest absolute Gasteiger partial charge is 0.418 e. The summed E-state index contributed by atoms with van der Waals surface area (Å²) >= 11 is 0. The van der Waals surface area contributed by atoms with Crippen molar-refractivity contribution in [2.45, 2.75) is 11.1 Å². The first-order valence-corrected chi connectivity index (χ1v) is 8.52. The number of methoxy groups -OCH3 is 1. The number of hydrogen-bond acceptors (Lipinski definition) is 5. The zero-order valence-corrected chi connectivity index (χ0v) is 14.1. The molecule has 0 bridgehead atoms. The Kier molecular flexibility index (Phi) is 5.42. The number of carbonyl (C=O) groups is 1. The van der Waals surface area contributed by atoms with Gasteiger partial charge in [0.05, 0.1) is 28.8 Å². The van der Waals surface area contributed by atoms with E-state index in [9.17, 15) is 26.4 Å². The zero-order chi connectivity index (χ0) is 19.5. The first-order chi connectivity index (χ1) is 12.0. The van der Waals surface area contributed by atoms with Gasteiger partial charge in [0.1, 0.15) is 5.75 Å². The Morgan fingerprint density at radius 1 is 1.15 bits per heavy atom. The van der Waals surface area contributed by atoms with Gasteiger partial charge < -0.3 is 4.74 Å². The Labute approximate surface area is 147 Å². The van der Waals surface area contributed by atoms with Crippen LogP contribution in [0.2, 0.25) is 0 Å². The number of ether oxygens (including phenoxy) is 1. The van der Waals surface area contributed by atoms with E-state index in [0.29, 0.717) is 0 Å². The number of primary sulfonamides is 1. The average Bonchev–Trinajstić information content (AvgIpc) is 2.57. The summed E-state index contributed by atoms with van der Waals surface area (Å²) in [4.78, 5) is 11.9. The van der Waals surface area contributed by atoms with Crippen molar-refractivity contribution >= 4 is 21.6 Å². The number of carbonyl (C=O) groups excluding carboxylic acids is 1. The topological polar surface area (TPSA) is 111 Å². The van der Waals surface area contributed by atoms with Gasteiger partial charge in [0.2, 0.25) is 10.0 Å². The van der Waals surface area contributed by atoms with Crippen LogP contribution in [0.15, 0.2) is 47.4 Å². The molecular formula is C15H14F3N3O4S. The lowest BCUT2D eigenvalue weighted by Crippen LogP contribution is -2.31. The van der Waals surface area contributed by atoms with Gasteiger partial charge >= 0.3 is 6.18 Å². The van der Waals surface area contributed by atoms with Crippen molar-refractivity contribution in [2.24, 2.45) is 5.14 Å². The number of hydrogen-bond donors (Lipinski definition) is 3. The first kappa shape index (κ1) is 19.5. The standard InChI is InChI=1S/C15H14F3N3O4S/c1-25-13-7-6-9(26(19,23)24)8-10(13)14(22)21-20-12-5-3-2-4-11(12)15(16,17)18/h2-8,20H,1H3,(H,21,22)(H2,19,23,24). The lowest BCUT2D eigenvalue weighted by atomic mass is 10.1. The van der Waals surface area contributed by atoms with Gasteiger partial charge in [0, 0.05) is 0 Å². The molecule has 11 heteroatoms. The summed E-state index contributed by atoms with van der Waals surface area (Å²) in [6.07, 6.45) is -4.63. The van der Waals surface area contributed by atoms with E-state index in [-0.39, 0.29) is 21.9 Å². The molecule has 2 aromatic rings. The lowest BCUT2D eigenvalue weighted by Gasteiger charge is -2.16. The minimum atomic E-state index is -4.63. The highest BCUT2D eigenvalue weighted by molar-refractivity contribution is 7.89. The summed E-state index contributed by atoms with van der Waals surface area (Å²) in [5.41, 5.74) is 2.66. The van der Waals surface area contributed by atoms with Crippen LogP contribution >= 0.6 is 0 Å². The maximum Gasteiger partial charge on any atom is 0.418 e. The molecule has 0 heterocycles. The predicted octanol–water partition coefficient (Wildman–Crippen LogP) is 2.12. The number of nitrogens with two attached hydrogens (primary N) is 1. The predicted molar refractivity (Wildman–Crippen MR) is 86.9 cm³/mol. The van der Waals surface area contributed by atoms with E-state index in [2.05, 4.69) is 10.9 Å². The van der Waals surface area contributed by atoms with Crippen molar-refractivity contribution in [3.8, 4) is 5.75 Å². The molecule has 2 rings (SSSR count). The van der Waals surface area contributed by atoms with Crippen molar-refractivity contribution in [3.05, 3.63) is 53.6 Å². The quantitative estimate of drug-likeness (QED) is 0.679. The molecule has 0 aliphatic heterocycles. The van der Waals surface area contributed by atoms with Crippen LogP contribution in [0.5, 0.6) is 5.75 Å². The molecule has 0 unspecified atom stereocenters. The Bertz CT molecular complexity index is 930. The van der Waals surface area contributed by atoms with Gasteiger partial charge in [0.15, 0.2) is 0 Å². The molecule has 4 N–H and O–H groups in total. The minimum absolute atomic E-state index is 0.0146. The fourth-order valence-corrected chi connectivity index (χ4v) is 2.61. The van der Waals surface area contributed by atoms with Crippen LogP contribution in [0, 0.1) is 0 Å². The summed E-state index contributed by atoms with van der Waals surface area (Å²) < 4.78 is 66.6. The van der Waals surface area contributed by atoms with Gasteiger partial charge in [-0.2, -0.15) is 13.2 Å². The molecule has 0 saturated carbocycles. The Morgan fingerprint density at radius 3 is 2.38 bits per heavy atom. The number of halogens is 3. The first-order valence-electron chi connectivity index (χ1n) is 6.97. The SMILES string of the molecule is COc1ccc(S(N)(=O)=O)cc1C(=O)NNc1ccccc1C(F)(F)F. The number of nitrogens with one attached hydrogen (secondary N) is 2. The molecule has 0 saturated heterocycles. The Morgan fingerprint density at radius 2 is 1.81 bits per heavy atom. The van der Waals surface area contributed by atoms with Crippen molar-refractivity contribution < 1.29 is 31.1 Å². The highest BCUT2D eigenvalue weighted by Gasteiger charge is 2.33. The highest BCUT2D eigenvalue weighted by Crippen LogP contribution is 2.34. The second-order valence-electron chi connectivity index (χ2n) is 5.03. The molecule has 2 aromatic carbocycles. The molecule has 0 aromatic heterocycles. The van der Waals surface area contributed by atoms with E-state index >= 15 is 0 Å². The van der Waals surface area contributed by atoms with Crippen LogP contribution in [-0.4, -0.2) is 21.4 Å². The molecule has 0 spiro atoms. The molecule has 1 amide bonds. The van der Waals surface area contributed by atoms with Crippen LogP contribution in [-0.2, 0) is 16.2 Å². The maximum absolute atomic E-state index is 12.9. The van der Waals surface area contributed by atoms with Gasteiger partial charge in [-0.3, -0.25) is 15.6 Å². The van der Waals surface area contributed by atoms with Crippen molar-refractivity contribution in [2.75, 3.05) is 12.5 Å². The molecule has 0 aliphatic rings. The molecule has 0 fully saturated rings. The molecule has 140 valence electrons. The highest BCUT2D eigenvalue weighted by atomic mass is 32.2. The van der Waals surface area contributed by atoms with E-state index < -0.39 is 27.7 Å². The summed E-state index contributed by atoms with van der Waals surface area (Å²) in [7, 11) is -2.84. The molecule has 26 heavy (non-hydrogen) atoms. The maximum atomic E-state index is 12.9. The van der Waals surface area contributed by atoms with Crippen LogP contribution in [0.25, 0.3) is 0 Å². The second-order valence-corrected chi connectivity index (χ2v) is 6.59. The normalized spacial score (nSPS) is 11.7. The second kappa shape index (κ2) is 7.22. The number of hydrazine groups is 1. The molecule has 0 radical (unpaired) electrons. The van der Waals surface area contributed by atoms with Crippen molar-refractivity contribution in [3.63, 3.8) is 0 Å². The molecular weight excluding hydrogens is 375 g/mol. The third kappa shape index (κ3) is 4.43. The zero-order valence-electron chi connectivity index (χ0n) is 13.3. The van der Waals surface area contributed by atoms with Crippen LogP contribution in [0.1, 0.15) is 15.9 Å². The monoisotopic (exact) mass is 389 g/mol. The third-order valence-corrected chi connectivity index (χ3v) is 4.20. The van der Waals surface area contributed by atoms with Gasteiger partial charge in [-0.05, 0) is 30.3 Å². The number of amides is 1. The van der Waals surface area contributed by atoms with Crippen LogP contribution < -0.4 is 20.7 Å². The summed E-state index contributed by atoms with van der Waals surface area (Å²) in [5, 5.41) is 5.01. The molecule has 0 aliphatic carbocycles. The number of anilines is 1. The largest absolute Gasteiger partial charge is 0.496 e. The Hall–Kier alpha value is -2.79.